The van der Waals surface area contributed by atoms with Crippen LogP contribution in [0.25, 0.3) is 0 Å². The molecule has 0 aromatic heterocycles. The van der Waals surface area contributed by atoms with E-state index in [1.54, 1.807) is 0 Å². The van der Waals surface area contributed by atoms with Crippen molar-refractivity contribution in [2.24, 2.45) is 17.8 Å². The molecule has 3 nitrogen and oxygen atoms in total. The van der Waals surface area contributed by atoms with E-state index in [4.69, 9.17) is 5.11 Å². The Morgan fingerprint density at radius 1 is 1.44 bits per heavy atom. The molecule has 0 bridgehead atoms. The van der Waals surface area contributed by atoms with Gasteiger partial charge >= 0.3 is 5.97 Å². The summed E-state index contributed by atoms with van der Waals surface area (Å²) >= 11 is 0. The van der Waals surface area contributed by atoms with Crippen LogP contribution in [0.2, 0.25) is 0 Å². The fraction of sp³-hybridized carbons (Fsp3) is 0.917. The van der Waals surface area contributed by atoms with Gasteiger partial charge in [-0.3, -0.25) is 9.00 Å². The average Bonchev–Trinajstić information content (AvgIpc) is 2.15. The summed E-state index contributed by atoms with van der Waals surface area (Å²) in [6.45, 7) is 6.46. The predicted molar refractivity (Wildman–Crippen MR) is 65.8 cm³/mol. The van der Waals surface area contributed by atoms with Crippen molar-refractivity contribution in [3.05, 3.63) is 0 Å². The number of carboxylic acid groups (broad SMARTS) is 1. The Labute approximate surface area is 100 Å². The third-order valence-corrected chi connectivity index (χ3v) is 5.31. The predicted octanol–water partition coefficient (Wildman–Crippen LogP) is 2.28. The minimum Gasteiger partial charge on any atom is -0.481 e. The zero-order valence-electron chi connectivity index (χ0n) is 10.3. The molecular formula is C12H22O3S. The number of aliphatic carboxylic acids is 1. The Kier molecular flexibility index (Phi) is 4.96. The first-order valence-corrected chi connectivity index (χ1v) is 7.39. The summed E-state index contributed by atoms with van der Waals surface area (Å²) in [5.41, 5.74) is 0. The fourth-order valence-electron chi connectivity index (χ4n) is 2.65. The molecular weight excluding hydrogens is 224 g/mol. The highest BCUT2D eigenvalue weighted by Crippen LogP contribution is 2.36. The lowest BCUT2D eigenvalue weighted by molar-refractivity contribution is -0.134. The highest BCUT2D eigenvalue weighted by molar-refractivity contribution is 7.86. The Balaban J connectivity index is 2.70. The molecule has 4 atom stereocenters. The molecule has 4 unspecified atom stereocenters. The second kappa shape index (κ2) is 5.80. The molecule has 1 rings (SSSR count). The largest absolute Gasteiger partial charge is 0.481 e. The van der Waals surface area contributed by atoms with E-state index in [1.165, 1.54) is 6.42 Å². The molecule has 0 spiro atoms. The molecule has 0 heterocycles. The van der Waals surface area contributed by atoms with E-state index < -0.39 is 16.8 Å². The quantitative estimate of drug-likeness (QED) is 0.828. The maximum absolute atomic E-state index is 12.0. The van der Waals surface area contributed by atoms with E-state index in [2.05, 4.69) is 20.8 Å². The van der Waals surface area contributed by atoms with Gasteiger partial charge in [0.2, 0.25) is 0 Å². The first-order chi connectivity index (χ1) is 7.41. The van der Waals surface area contributed by atoms with Gasteiger partial charge < -0.3 is 5.11 Å². The van der Waals surface area contributed by atoms with Crippen molar-refractivity contribution in [2.45, 2.75) is 45.3 Å². The molecule has 94 valence electrons. The topological polar surface area (TPSA) is 54.4 Å². The van der Waals surface area contributed by atoms with Crippen molar-refractivity contribution in [2.75, 3.05) is 5.75 Å². The molecule has 0 aromatic rings. The van der Waals surface area contributed by atoms with Gasteiger partial charge in [0.25, 0.3) is 0 Å². The van der Waals surface area contributed by atoms with E-state index in [-0.39, 0.29) is 11.0 Å². The number of carbonyl (C=O) groups is 1. The van der Waals surface area contributed by atoms with E-state index in [9.17, 15) is 9.00 Å². The maximum atomic E-state index is 12.0. The lowest BCUT2D eigenvalue weighted by Crippen LogP contribution is -2.37. The standard InChI is InChI=1S/C12H22O3S/c1-8(2)10-5-4-9(3)6-11(10)16(15)7-12(13)14/h8-11H,4-7H2,1-3H3,(H,13,14). The third kappa shape index (κ3) is 3.58. The van der Waals surface area contributed by atoms with Crippen LogP contribution in [0.1, 0.15) is 40.0 Å². The van der Waals surface area contributed by atoms with Crippen LogP contribution in [0.15, 0.2) is 0 Å². The third-order valence-electron chi connectivity index (χ3n) is 3.56. The fourth-order valence-corrected chi connectivity index (χ4v) is 4.49. The zero-order chi connectivity index (χ0) is 12.3. The smallest absolute Gasteiger partial charge is 0.316 e. The summed E-state index contributed by atoms with van der Waals surface area (Å²) in [5, 5.41) is 8.80. The molecule has 16 heavy (non-hydrogen) atoms. The van der Waals surface area contributed by atoms with Crippen LogP contribution in [-0.4, -0.2) is 26.3 Å². The number of carboxylic acids is 1. The number of rotatable bonds is 4. The van der Waals surface area contributed by atoms with Crippen LogP contribution >= 0.6 is 0 Å². The molecule has 1 saturated carbocycles. The van der Waals surface area contributed by atoms with Crippen LogP contribution in [0, 0.1) is 17.8 Å². The Morgan fingerprint density at radius 3 is 2.56 bits per heavy atom. The minimum absolute atomic E-state index is 0.0832. The van der Waals surface area contributed by atoms with E-state index >= 15 is 0 Å². The number of hydrogen-bond donors (Lipinski definition) is 1. The van der Waals surface area contributed by atoms with Crippen molar-refractivity contribution < 1.29 is 14.1 Å². The lowest BCUT2D eigenvalue weighted by Gasteiger charge is -2.36. The normalized spacial score (nSPS) is 32.6. The van der Waals surface area contributed by atoms with Gasteiger partial charge in [-0.15, -0.1) is 0 Å². The van der Waals surface area contributed by atoms with Crippen molar-refractivity contribution in [3.63, 3.8) is 0 Å². The highest BCUT2D eigenvalue weighted by atomic mass is 32.2. The van der Waals surface area contributed by atoms with Gasteiger partial charge in [0.15, 0.2) is 0 Å². The summed E-state index contributed by atoms with van der Waals surface area (Å²) in [5.74, 6) is 0.365. The monoisotopic (exact) mass is 246 g/mol. The maximum Gasteiger partial charge on any atom is 0.316 e. The molecule has 1 aliphatic rings. The second-order valence-corrected chi connectivity index (χ2v) is 6.94. The van der Waals surface area contributed by atoms with Gasteiger partial charge in [-0.1, -0.05) is 27.2 Å². The van der Waals surface area contributed by atoms with E-state index in [0.29, 0.717) is 17.8 Å². The summed E-state index contributed by atoms with van der Waals surface area (Å²) < 4.78 is 12.0. The Morgan fingerprint density at radius 2 is 2.06 bits per heavy atom. The SMILES string of the molecule is CC1CCC(C(C)C)C(S(=O)CC(=O)O)C1. The van der Waals surface area contributed by atoms with Gasteiger partial charge in [-0.25, -0.2) is 0 Å². The molecule has 0 amide bonds. The first-order valence-electron chi connectivity index (χ1n) is 6.00. The average molecular weight is 246 g/mol. The minimum atomic E-state index is -1.21. The summed E-state index contributed by atoms with van der Waals surface area (Å²) in [7, 11) is -1.21. The molecule has 0 aromatic carbocycles. The van der Waals surface area contributed by atoms with Gasteiger partial charge in [-0.2, -0.15) is 0 Å². The van der Waals surface area contributed by atoms with Crippen LogP contribution in [-0.2, 0) is 15.6 Å². The lowest BCUT2D eigenvalue weighted by atomic mass is 9.77. The van der Waals surface area contributed by atoms with Gasteiger partial charge in [0.1, 0.15) is 5.75 Å². The first kappa shape index (κ1) is 13.7. The van der Waals surface area contributed by atoms with Crippen molar-refractivity contribution in [1.82, 2.24) is 0 Å². The van der Waals surface area contributed by atoms with E-state index in [1.807, 2.05) is 0 Å². The summed E-state index contributed by atoms with van der Waals surface area (Å²) in [4.78, 5) is 10.6. The van der Waals surface area contributed by atoms with Crippen molar-refractivity contribution in [3.8, 4) is 0 Å². The Hall–Kier alpha value is -0.380. The van der Waals surface area contributed by atoms with Gasteiger partial charge in [-0.05, 0) is 30.6 Å². The molecule has 0 aliphatic heterocycles. The molecule has 4 heteroatoms. The van der Waals surface area contributed by atoms with Gasteiger partial charge in [0, 0.05) is 16.0 Å². The molecule has 1 fully saturated rings. The molecule has 1 N–H and O–H groups in total. The van der Waals surface area contributed by atoms with Crippen molar-refractivity contribution >= 4 is 16.8 Å². The highest BCUT2D eigenvalue weighted by Gasteiger charge is 2.34. The molecule has 0 saturated heterocycles. The second-order valence-electron chi connectivity index (χ2n) is 5.28. The zero-order valence-corrected chi connectivity index (χ0v) is 11.1. The van der Waals surface area contributed by atoms with Crippen LogP contribution in [0.5, 0.6) is 0 Å². The number of hydrogen-bond acceptors (Lipinski definition) is 2. The van der Waals surface area contributed by atoms with Crippen LogP contribution in [0.3, 0.4) is 0 Å². The Bertz CT molecular complexity index is 275. The van der Waals surface area contributed by atoms with Crippen molar-refractivity contribution in [1.29, 1.82) is 0 Å². The summed E-state index contributed by atoms with van der Waals surface area (Å²) in [6, 6.07) is 0. The van der Waals surface area contributed by atoms with Crippen LogP contribution < -0.4 is 0 Å². The van der Waals surface area contributed by atoms with E-state index in [0.717, 1.165) is 12.8 Å². The summed E-state index contributed by atoms with van der Waals surface area (Å²) in [6.07, 6.45) is 3.20. The van der Waals surface area contributed by atoms with Crippen LogP contribution in [0.4, 0.5) is 0 Å². The molecule has 1 aliphatic carbocycles. The molecule has 0 radical (unpaired) electrons. The van der Waals surface area contributed by atoms with Gasteiger partial charge in [0.05, 0.1) is 0 Å².